The predicted molar refractivity (Wildman–Crippen MR) is 94.4 cm³/mol. The van der Waals surface area contributed by atoms with E-state index in [1.165, 1.54) is 60.4 Å². The van der Waals surface area contributed by atoms with Gasteiger partial charge in [0.1, 0.15) is 0 Å². The van der Waals surface area contributed by atoms with E-state index in [1.54, 1.807) is 0 Å². The molecule has 1 aliphatic heterocycles. The minimum Gasteiger partial charge on any atom is -0.307 e. The molecule has 3 atom stereocenters. The molecule has 1 saturated carbocycles. The zero-order chi connectivity index (χ0) is 14.9. The Morgan fingerprint density at radius 1 is 1.00 bits per heavy atom. The largest absolute Gasteiger partial charge is 0.307 e. The topological polar surface area (TPSA) is 12.0 Å². The Kier molecular flexibility index (Phi) is 4.11. The normalized spacial score (nSPS) is 28.5. The quantitative estimate of drug-likeness (QED) is 0.715. The SMILES string of the molecule is ClCc1cccc2ccc(C3CCC4CCCCC4N3)cc12. The average molecular weight is 314 g/mol. The van der Waals surface area contributed by atoms with Gasteiger partial charge >= 0.3 is 0 Å². The van der Waals surface area contributed by atoms with Crippen LogP contribution in [0.5, 0.6) is 0 Å². The summed E-state index contributed by atoms with van der Waals surface area (Å²) in [5, 5.41) is 6.56. The molecule has 1 heterocycles. The number of piperidine rings is 1. The van der Waals surface area contributed by atoms with Crippen LogP contribution in [0.2, 0.25) is 0 Å². The molecule has 2 aromatic carbocycles. The molecular formula is C20H24ClN. The maximum Gasteiger partial charge on any atom is 0.0480 e. The molecule has 0 radical (unpaired) electrons. The van der Waals surface area contributed by atoms with Crippen LogP contribution >= 0.6 is 11.6 Å². The molecule has 2 fully saturated rings. The van der Waals surface area contributed by atoms with E-state index >= 15 is 0 Å². The molecule has 1 aliphatic carbocycles. The summed E-state index contributed by atoms with van der Waals surface area (Å²) in [6, 6.07) is 14.6. The molecule has 0 spiro atoms. The van der Waals surface area contributed by atoms with Crippen molar-refractivity contribution < 1.29 is 0 Å². The average Bonchev–Trinajstić information content (AvgIpc) is 2.60. The summed E-state index contributed by atoms with van der Waals surface area (Å²) < 4.78 is 0. The molecule has 116 valence electrons. The van der Waals surface area contributed by atoms with Crippen molar-refractivity contribution in [1.29, 1.82) is 0 Å². The van der Waals surface area contributed by atoms with E-state index in [9.17, 15) is 0 Å². The maximum atomic E-state index is 6.12. The van der Waals surface area contributed by atoms with E-state index in [0.29, 0.717) is 11.9 Å². The molecule has 2 heteroatoms. The van der Waals surface area contributed by atoms with Gasteiger partial charge in [0.2, 0.25) is 0 Å². The Balaban J connectivity index is 1.63. The molecule has 4 rings (SSSR count). The Morgan fingerprint density at radius 2 is 1.91 bits per heavy atom. The molecule has 22 heavy (non-hydrogen) atoms. The van der Waals surface area contributed by atoms with Crippen molar-refractivity contribution in [2.45, 2.75) is 56.5 Å². The lowest BCUT2D eigenvalue weighted by Crippen LogP contribution is -2.44. The van der Waals surface area contributed by atoms with Crippen LogP contribution in [0, 0.1) is 5.92 Å². The molecular weight excluding hydrogens is 290 g/mol. The van der Waals surface area contributed by atoms with Crippen LogP contribution in [0.4, 0.5) is 0 Å². The van der Waals surface area contributed by atoms with Gasteiger partial charge < -0.3 is 5.32 Å². The number of fused-ring (bicyclic) bond motifs is 2. The third kappa shape index (κ3) is 2.66. The molecule has 3 unspecified atom stereocenters. The van der Waals surface area contributed by atoms with Crippen molar-refractivity contribution in [2.24, 2.45) is 5.92 Å². The summed E-state index contributed by atoms with van der Waals surface area (Å²) in [6.45, 7) is 0. The summed E-state index contributed by atoms with van der Waals surface area (Å²) >= 11 is 6.12. The maximum absolute atomic E-state index is 6.12. The minimum absolute atomic E-state index is 0.520. The number of alkyl halides is 1. The highest BCUT2D eigenvalue weighted by molar-refractivity contribution is 6.18. The van der Waals surface area contributed by atoms with Crippen LogP contribution in [0.1, 0.15) is 55.7 Å². The van der Waals surface area contributed by atoms with Gasteiger partial charge in [0.15, 0.2) is 0 Å². The van der Waals surface area contributed by atoms with Crippen LogP contribution in [0.25, 0.3) is 10.8 Å². The second-order valence-corrected chi connectivity index (χ2v) is 7.25. The number of rotatable bonds is 2. The van der Waals surface area contributed by atoms with Crippen molar-refractivity contribution in [3.63, 3.8) is 0 Å². The molecule has 1 nitrogen and oxygen atoms in total. The summed E-state index contributed by atoms with van der Waals surface area (Å²) in [7, 11) is 0. The van der Waals surface area contributed by atoms with E-state index < -0.39 is 0 Å². The first-order valence-corrected chi connectivity index (χ1v) is 9.22. The van der Waals surface area contributed by atoms with Crippen LogP contribution in [-0.2, 0) is 5.88 Å². The smallest absolute Gasteiger partial charge is 0.0480 e. The van der Waals surface area contributed by atoms with E-state index in [-0.39, 0.29) is 0 Å². The first-order chi connectivity index (χ1) is 10.8. The first-order valence-electron chi connectivity index (χ1n) is 8.69. The van der Waals surface area contributed by atoms with E-state index in [4.69, 9.17) is 11.6 Å². The molecule has 0 aromatic heterocycles. The van der Waals surface area contributed by atoms with E-state index in [2.05, 4.69) is 41.7 Å². The Labute approximate surface area is 138 Å². The highest BCUT2D eigenvalue weighted by Gasteiger charge is 2.32. The molecule has 1 saturated heterocycles. The van der Waals surface area contributed by atoms with Gasteiger partial charge in [-0.15, -0.1) is 11.6 Å². The second-order valence-electron chi connectivity index (χ2n) is 6.98. The number of benzene rings is 2. The fourth-order valence-electron chi connectivity index (χ4n) is 4.45. The van der Waals surface area contributed by atoms with Gasteiger partial charge in [-0.2, -0.15) is 0 Å². The van der Waals surface area contributed by atoms with E-state index in [0.717, 1.165) is 12.0 Å². The molecule has 1 N–H and O–H groups in total. The fraction of sp³-hybridized carbons (Fsp3) is 0.500. The first kappa shape index (κ1) is 14.5. The van der Waals surface area contributed by atoms with Gasteiger partial charge in [-0.05, 0) is 59.6 Å². The van der Waals surface area contributed by atoms with Gasteiger partial charge in [0, 0.05) is 18.0 Å². The zero-order valence-corrected chi connectivity index (χ0v) is 13.8. The van der Waals surface area contributed by atoms with Gasteiger partial charge in [-0.3, -0.25) is 0 Å². The van der Waals surface area contributed by atoms with Crippen molar-refractivity contribution >= 4 is 22.4 Å². The number of nitrogens with one attached hydrogen (secondary N) is 1. The highest BCUT2D eigenvalue weighted by Crippen LogP contribution is 2.37. The Hall–Kier alpha value is -1.05. The summed E-state index contributed by atoms with van der Waals surface area (Å²) in [5.41, 5.74) is 2.68. The van der Waals surface area contributed by atoms with Crippen LogP contribution in [0.3, 0.4) is 0 Å². The van der Waals surface area contributed by atoms with Crippen LogP contribution in [-0.4, -0.2) is 6.04 Å². The molecule has 0 amide bonds. The highest BCUT2D eigenvalue weighted by atomic mass is 35.5. The van der Waals surface area contributed by atoms with Gasteiger partial charge in [0.05, 0.1) is 0 Å². The minimum atomic E-state index is 0.520. The number of halogens is 1. The van der Waals surface area contributed by atoms with Crippen LogP contribution < -0.4 is 5.32 Å². The summed E-state index contributed by atoms with van der Waals surface area (Å²) in [6.07, 6.45) is 8.28. The predicted octanol–water partition coefficient (Wildman–Crippen LogP) is 5.56. The lowest BCUT2D eigenvalue weighted by Gasteiger charge is -2.40. The van der Waals surface area contributed by atoms with Crippen molar-refractivity contribution in [3.05, 3.63) is 47.5 Å². The summed E-state index contributed by atoms with van der Waals surface area (Å²) in [4.78, 5) is 0. The Bertz CT molecular complexity index is 666. The van der Waals surface area contributed by atoms with Crippen molar-refractivity contribution in [1.82, 2.24) is 5.32 Å². The van der Waals surface area contributed by atoms with Crippen molar-refractivity contribution in [3.8, 4) is 0 Å². The van der Waals surface area contributed by atoms with Gasteiger partial charge in [0.25, 0.3) is 0 Å². The second kappa shape index (κ2) is 6.22. The third-order valence-electron chi connectivity index (χ3n) is 5.69. The lowest BCUT2D eigenvalue weighted by atomic mass is 9.76. The van der Waals surface area contributed by atoms with Crippen LogP contribution in [0.15, 0.2) is 36.4 Å². The fourth-order valence-corrected chi connectivity index (χ4v) is 4.68. The molecule has 2 aromatic rings. The Morgan fingerprint density at radius 3 is 2.82 bits per heavy atom. The lowest BCUT2D eigenvalue weighted by molar-refractivity contribution is 0.177. The number of hydrogen-bond donors (Lipinski definition) is 1. The van der Waals surface area contributed by atoms with Gasteiger partial charge in [-0.1, -0.05) is 43.2 Å². The monoisotopic (exact) mass is 313 g/mol. The van der Waals surface area contributed by atoms with E-state index in [1.807, 2.05) is 0 Å². The van der Waals surface area contributed by atoms with Gasteiger partial charge in [-0.25, -0.2) is 0 Å². The summed E-state index contributed by atoms with van der Waals surface area (Å²) in [5.74, 6) is 1.51. The number of hydrogen-bond acceptors (Lipinski definition) is 1. The standard InChI is InChI=1S/C20H24ClN/c21-13-17-6-3-5-14-8-9-16(12-18(14)17)20-11-10-15-4-1-2-7-19(15)22-20/h3,5-6,8-9,12,15,19-20,22H,1-2,4,7,10-11,13H2. The van der Waals surface area contributed by atoms with Crippen molar-refractivity contribution in [2.75, 3.05) is 0 Å². The third-order valence-corrected chi connectivity index (χ3v) is 5.98. The zero-order valence-electron chi connectivity index (χ0n) is 13.0. The molecule has 0 bridgehead atoms. The molecule has 2 aliphatic rings.